The van der Waals surface area contributed by atoms with Gasteiger partial charge in [-0.2, -0.15) is 0 Å². The summed E-state index contributed by atoms with van der Waals surface area (Å²) >= 11 is 11.6. The van der Waals surface area contributed by atoms with Gasteiger partial charge < -0.3 is 5.32 Å². The van der Waals surface area contributed by atoms with Crippen molar-refractivity contribution >= 4 is 29.0 Å². The number of Topliss-reactive ketones (excluding diaryl/α,β-unsaturated/α-hetero) is 1. The van der Waals surface area contributed by atoms with Gasteiger partial charge in [-0.05, 0) is 25.1 Å². The van der Waals surface area contributed by atoms with Gasteiger partial charge in [0.15, 0.2) is 5.78 Å². The van der Waals surface area contributed by atoms with Crippen LogP contribution >= 0.6 is 23.2 Å². The van der Waals surface area contributed by atoms with Gasteiger partial charge in [0.25, 0.3) is 0 Å². The van der Waals surface area contributed by atoms with Crippen LogP contribution in [0, 0.1) is 0 Å². The van der Waals surface area contributed by atoms with Gasteiger partial charge in [-0.25, -0.2) is 0 Å². The third kappa shape index (κ3) is 3.34. The van der Waals surface area contributed by atoms with E-state index in [1.54, 1.807) is 31.2 Å². The Morgan fingerprint density at radius 1 is 1.50 bits per heavy atom. The molecule has 16 heavy (non-hydrogen) atoms. The maximum absolute atomic E-state index is 11.9. The summed E-state index contributed by atoms with van der Waals surface area (Å²) in [5.41, 5.74) is 0.554. The molecular weight excluding hydrogens is 245 g/mol. The number of halogens is 2. The maximum atomic E-state index is 11.9. The molecule has 0 spiro atoms. The Hall–Kier alpha value is -0.830. The van der Waals surface area contributed by atoms with Gasteiger partial charge >= 0.3 is 0 Å². The fraction of sp³-hybridized carbons (Fsp3) is 0.250. The van der Waals surface area contributed by atoms with E-state index < -0.39 is 0 Å². The van der Waals surface area contributed by atoms with Gasteiger partial charge in [0.1, 0.15) is 0 Å². The highest BCUT2D eigenvalue weighted by atomic mass is 35.5. The third-order valence-electron chi connectivity index (χ3n) is 2.17. The van der Waals surface area contributed by atoms with E-state index in [1.807, 2.05) is 0 Å². The molecule has 0 bridgehead atoms. The number of carbonyl (C=O) groups excluding carboxylic acids is 1. The molecule has 0 aromatic heterocycles. The highest BCUT2D eigenvalue weighted by Gasteiger charge is 2.14. The first-order chi connectivity index (χ1) is 7.56. The van der Waals surface area contributed by atoms with E-state index in [0.29, 0.717) is 22.2 Å². The summed E-state index contributed by atoms with van der Waals surface area (Å²) < 4.78 is 0. The molecular formula is C12H13Cl2NO. The lowest BCUT2D eigenvalue weighted by Gasteiger charge is -2.11. The third-order valence-corrected chi connectivity index (χ3v) is 2.90. The lowest BCUT2D eigenvalue weighted by atomic mass is 10.1. The molecule has 2 nitrogen and oxygen atoms in total. The minimum absolute atomic E-state index is 0.0135. The Labute approximate surface area is 105 Å². The van der Waals surface area contributed by atoms with Crippen molar-refractivity contribution in [2.75, 3.05) is 6.54 Å². The van der Waals surface area contributed by atoms with Crippen LogP contribution in [0.4, 0.5) is 0 Å². The number of nitrogens with one attached hydrogen (secondary N) is 1. The summed E-state index contributed by atoms with van der Waals surface area (Å²) in [5, 5.41) is 3.86. The largest absolute Gasteiger partial charge is 0.304 e. The first-order valence-electron chi connectivity index (χ1n) is 4.89. The molecule has 1 unspecified atom stereocenters. The molecule has 0 radical (unpaired) electrons. The predicted octanol–water partition coefficient (Wildman–Crippen LogP) is 3.34. The summed E-state index contributed by atoms with van der Waals surface area (Å²) in [4.78, 5) is 11.9. The van der Waals surface area contributed by atoms with Crippen molar-refractivity contribution in [1.29, 1.82) is 0 Å². The van der Waals surface area contributed by atoms with Crippen LogP contribution in [-0.4, -0.2) is 18.4 Å². The molecule has 0 amide bonds. The molecule has 0 aliphatic carbocycles. The summed E-state index contributed by atoms with van der Waals surface area (Å²) in [7, 11) is 0. The van der Waals surface area contributed by atoms with Crippen LogP contribution in [0.1, 0.15) is 17.3 Å². The SMILES string of the molecule is C=CCNC(C)C(=O)c1ccc(Cl)c(Cl)c1. The number of rotatable bonds is 5. The molecule has 86 valence electrons. The highest BCUT2D eigenvalue weighted by molar-refractivity contribution is 6.42. The zero-order chi connectivity index (χ0) is 12.1. The second-order valence-electron chi connectivity index (χ2n) is 3.41. The quantitative estimate of drug-likeness (QED) is 0.648. The van der Waals surface area contributed by atoms with Gasteiger partial charge in [0.2, 0.25) is 0 Å². The summed E-state index contributed by atoms with van der Waals surface area (Å²) in [6.07, 6.45) is 1.71. The molecule has 1 atom stereocenters. The van der Waals surface area contributed by atoms with Crippen molar-refractivity contribution in [2.45, 2.75) is 13.0 Å². The molecule has 0 aliphatic rings. The normalized spacial score (nSPS) is 12.2. The first kappa shape index (κ1) is 13.2. The van der Waals surface area contributed by atoms with Crippen LogP contribution in [0.15, 0.2) is 30.9 Å². The molecule has 0 heterocycles. The van der Waals surface area contributed by atoms with Crippen molar-refractivity contribution in [3.05, 3.63) is 46.5 Å². The van der Waals surface area contributed by atoms with E-state index in [0.717, 1.165) is 0 Å². The average Bonchev–Trinajstić information content (AvgIpc) is 2.28. The second kappa shape index (κ2) is 6.04. The van der Waals surface area contributed by atoms with Crippen LogP contribution < -0.4 is 5.32 Å². The highest BCUT2D eigenvalue weighted by Crippen LogP contribution is 2.23. The lowest BCUT2D eigenvalue weighted by molar-refractivity contribution is 0.0953. The molecule has 1 N–H and O–H groups in total. The van der Waals surface area contributed by atoms with Crippen molar-refractivity contribution in [3.8, 4) is 0 Å². The Balaban J connectivity index is 2.79. The van der Waals surface area contributed by atoms with Crippen molar-refractivity contribution in [1.82, 2.24) is 5.32 Å². The van der Waals surface area contributed by atoms with Gasteiger partial charge in [-0.1, -0.05) is 29.3 Å². The van der Waals surface area contributed by atoms with Crippen LogP contribution in [0.25, 0.3) is 0 Å². The molecule has 4 heteroatoms. The topological polar surface area (TPSA) is 29.1 Å². The van der Waals surface area contributed by atoms with Crippen molar-refractivity contribution in [3.63, 3.8) is 0 Å². The first-order valence-corrected chi connectivity index (χ1v) is 5.65. The lowest BCUT2D eigenvalue weighted by Crippen LogP contribution is -2.33. The second-order valence-corrected chi connectivity index (χ2v) is 4.23. The number of carbonyl (C=O) groups is 1. The fourth-order valence-corrected chi connectivity index (χ4v) is 1.55. The molecule has 1 aromatic rings. The Morgan fingerprint density at radius 3 is 2.75 bits per heavy atom. The standard InChI is InChI=1S/C12H13Cl2NO/c1-3-6-15-8(2)12(16)9-4-5-10(13)11(14)7-9/h3-5,7-8,15H,1,6H2,2H3. The summed E-state index contributed by atoms with van der Waals surface area (Å²) in [6, 6.07) is 4.61. The van der Waals surface area contributed by atoms with E-state index in [1.165, 1.54) is 0 Å². The fourth-order valence-electron chi connectivity index (χ4n) is 1.25. The molecule has 0 fully saturated rings. The average molecular weight is 258 g/mol. The number of ketones is 1. The van der Waals surface area contributed by atoms with Crippen LogP contribution in [-0.2, 0) is 0 Å². The van der Waals surface area contributed by atoms with E-state index >= 15 is 0 Å². The minimum Gasteiger partial charge on any atom is -0.304 e. The molecule has 0 saturated carbocycles. The minimum atomic E-state index is -0.268. The van der Waals surface area contributed by atoms with Gasteiger partial charge in [-0.15, -0.1) is 6.58 Å². The zero-order valence-electron chi connectivity index (χ0n) is 8.97. The summed E-state index contributed by atoms with van der Waals surface area (Å²) in [6.45, 7) is 5.97. The van der Waals surface area contributed by atoms with Gasteiger partial charge in [0.05, 0.1) is 16.1 Å². The molecule has 1 rings (SSSR count). The number of hydrogen-bond acceptors (Lipinski definition) is 2. The van der Waals surface area contributed by atoms with E-state index in [-0.39, 0.29) is 11.8 Å². The van der Waals surface area contributed by atoms with Crippen LogP contribution in [0.5, 0.6) is 0 Å². The van der Waals surface area contributed by atoms with Gasteiger partial charge in [-0.3, -0.25) is 4.79 Å². The van der Waals surface area contributed by atoms with Gasteiger partial charge in [0, 0.05) is 12.1 Å². The van der Waals surface area contributed by atoms with Crippen LogP contribution in [0.3, 0.4) is 0 Å². The monoisotopic (exact) mass is 257 g/mol. The van der Waals surface area contributed by atoms with E-state index in [9.17, 15) is 4.79 Å². The smallest absolute Gasteiger partial charge is 0.179 e. The van der Waals surface area contributed by atoms with E-state index in [2.05, 4.69) is 11.9 Å². The zero-order valence-corrected chi connectivity index (χ0v) is 10.5. The van der Waals surface area contributed by atoms with Crippen LogP contribution in [0.2, 0.25) is 10.0 Å². The number of benzene rings is 1. The summed E-state index contributed by atoms with van der Waals surface area (Å²) in [5.74, 6) is -0.0135. The predicted molar refractivity (Wildman–Crippen MR) is 68.5 cm³/mol. The molecule has 0 aliphatic heterocycles. The molecule has 1 aromatic carbocycles. The Bertz CT molecular complexity index is 404. The van der Waals surface area contributed by atoms with E-state index in [4.69, 9.17) is 23.2 Å². The Morgan fingerprint density at radius 2 is 2.19 bits per heavy atom. The number of hydrogen-bond donors (Lipinski definition) is 1. The van der Waals surface area contributed by atoms with Crippen molar-refractivity contribution in [2.24, 2.45) is 0 Å². The Kier molecular flexibility index (Phi) is 5.00. The maximum Gasteiger partial charge on any atom is 0.179 e. The molecule has 0 saturated heterocycles. The van der Waals surface area contributed by atoms with Crippen molar-refractivity contribution < 1.29 is 4.79 Å².